The number of halogens is 12. The van der Waals surface area contributed by atoms with Crippen molar-refractivity contribution in [1.29, 1.82) is 0 Å². The van der Waals surface area contributed by atoms with Crippen molar-refractivity contribution in [3.05, 3.63) is 52.1 Å². The molecule has 1 heterocycles. The molecule has 4 unspecified atom stereocenters. The zero-order valence-electron chi connectivity index (χ0n) is 20.6. The zero-order chi connectivity index (χ0) is 29.1. The fraction of sp³-hybridized carbons (Fsp3) is 0.600. The predicted molar refractivity (Wildman–Crippen MR) is 121 cm³/mol. The van der Waals surface area contributed by atoms with Crippen LogP contribution < -0.4 is 5.46 Å². The molecule has 5 atom stereocenters. The number of benzene rings is 1. The predicted octanol–water partition coefficient (Wildman–Crippen LogP) is 8.52. The Hall–Kier alpha value is -2.12. The molecule has 14 heteroatoms. The molecule has 2 aliphatic carbocycles. The van der Waals surface area contributed by atoms with Crippen LogP contribution in [-0.2, 0) is 10.5 Å². The Balaban J connectivity index is 2.15. The minimum absolute atomic E-state index is 0.162. The first-order valence-corrected chi connectivity index (χ1v) is 12.5. The molecule has 1 nitrogen and oxygen atoms in total. The van der Waals surface area contributed by atoms with Crippen LogP contribution in [0.4, 0.5) is 52.7 Å². The Labute approximate surface area is 216 Å². The molecule has 0 bridgehead atoms. The van der Waals surface area contributed by atoms with Crippen LogP contribution in [0.5, 0.6) is 0 Å². The van der Waals surface area contributed by atoms with E-state index < -0.39 is 114 Å². The third-order valence-electron chi connectivity index (χ3n) is 8.54. The molecule has 0 amide bonds. The molecular formula is C25H25BF12O. The van der Waals surface area contributed by atoms with E-state index in [-0.39, 0.29) is 32.1 Å². The number of hydrogen-bond donors (Lipinski definition) is 0. The summed E-state index contributed by atoms with van der Waals surface area (Å²) in [5.74, 6) is -11.5. The number of hydrogen-bond acceptors (Lipinski definition) is 0. The minimum atomic E-state index is -5.61. The molecular weight excluding hydrogens is 555 g/mol. The number of rotatable bonds is 4. The summed E-state index contributed by atoms with van der Waals surface area (Å²) in [6.07, 6.45) is -21.5. The largest absolute Gasteiger partial charge is 0.666 e. The lowest BCUT2D eigenvalue weighted by Gasteiger charge is -2.56. The minimum Gasteiger partial charge on any atom is -0.666 e. The quantitative estimate of drug-likeness (QED) is 0.191. The van der Waals surface area contributed by atoms with Crippen LogP contribution in [0.3, 0.4) is 0 Å². The van der Waals surface area contributed by atoms with Crippen molar-refractivity contribution in [2.75, 3.05) is 13.2 Å². The molecule has 1 saturated heterocycles. The van der Waals surface area contributed by atoms with E-state index in [1.807, 2.05) is 0 Å². The van der Waals surface area contributed by atoms with Crippen LogP contribution in [0.25, 0.3) is 0 Å². The molecule has 3 aliphatic rings. The Morgan fingerprint density at radius 3 is 1.82 bits per heavy atom. The van der Waals surface area contributed by atoms with Crippen LogP contribution in [0.2, 0.25) is 11.6 Å². The van der Waals surface area contributed by atoms with Crippen LogP contribution in [0.1, 0.15) is 51.0 Å². The van der Waals surface area contributed by atoms with Crippen molar-refractivity contribution in [3.63, 3.8) is 0 Å². The monoisotopic (exact) mass is 580 g/mol. The Morgan fingerprint density at radius 1 is 0.744 bits per heavy atom. The molecule has 218 valence electrons. The lowest BCUT2D eigenvalue weighted by atomic mass is 9.20. The van der Waals surface area contributed by atoms with Gasteiger partial charge >= 0.3 is 18.7 Å². The van der Waals surface area contributed by atoms with Gasteiger partial charge in [-0.05, 0) is 43.0 Å². The van der Waals surface area contributed by atoms with Gasteiger partial charge in [-0.2, -0.15) is 26.3 Å². The topological polar surface area (TPSA) is 2.70 Å². The van der Waals surface area contributed by atoms with Crippen molar-refractivity contribution in [3.8, 4) is 0 Å². The first-order valence-electron chi connectivity index (χ1n) is 12.5. The van der Waals surface area contributed by atoms with Crippen molar-refractivity contribution < 1.29 is 57.0 Å². The summed E-state index contributed by atoms with van der Waals surface area (Å²) >= 11 is 0. The van der Waals surface area contributed by atoms with Gasteiger partial charge in [-0.1, -0.05) is 24.4 Å². The van der Waals surface area contributed by atoms with E-state index in [1.54, 1.807) is 0 Å². The maximum atomic E-state index is 16.0. The standard InChI is InChI=1S/C25H25BF12O/c1-12-16(27)7-4-13(21(12)30)26(39-10-2-3-11-39,14-5-8-17(28)19(22(14)31)24(33,34)35)15-6-9-18(29)20(23(15)32)25(36,37)38/h5,8,13,15-16,18H,2-4,6-7,9-11H2,1H3/t13?,15-,16?,18?,26?/m0/s1. The lowest BCUT2D eigenvalue weighted by Crippen LogP contribution is -2.66. The fourth-order valence-electron chi connectivity index (χ4n) is 6.90. The second kappa shape index (κ2) is 10.4. The van der Waals surface area contributed by atoms with Crippen molar-refractivity contribution >= 4 is 11.8 Å². The van der Waals surface area contributed by atoms with E-state index in [0.29, 0.717) is 6.07 Å². The van der Waals surface area contributed by atoms with Gasteiger partial charge in [0.05, 0.1) is 30.4 Å². The molecule has 0 spiro atoms. The van der Waals surface area contributed by atoms with E-state index in [2.05, 4.69) is 4.28 Å². The first kappa shape index (κ1) is 29.9. The molecule has 1 aromatic carbocycles. The second-order valence-corrected chi connectivity index (χ2v) is 10.5. The molecule has 0 radical (unpaired) electrons. The molecule has 0 N–H and O–H groups in total. The van der Waals surface area contributed by atoms with E-state index in [1.165, 1.54) is 0 Å². The van der Waals surface area contributed by atoms with Gasteiger partial charge in [0.15, 0.2) is 0 Å². The molecule has 0 saturated carbocycles. The maximum Gasteiger partial charge on any atom is 0.421 e. The van der Waals surface area contributed by atoms with Gasteiger partial charge in [-0.15, -0.1) is 0 Å². The number of allylic oxidation sites excluding steroid dienone is 4. The fourth-order valence-corrected chi connectivity index (χ4v) is 6.90. The Morgan fingerprint density at radius 2 is 1.28 bits per heavy atom. The highest BCUT2D eigenvalue weighted by atomic mass is 19.4. The van der Waals surface area contributed by atoms with Crippen LogP contribution >= 0.6 is 0 Å². The van der Waals surface area contributed by atoms with Gasteiger partial charge in [0, 0.05) is 12.8 Å². The van der Waals surface area contributed by atoms with Crippen LogP contribution in [0, 0.1) is 11.6 Å². The van der Waals surface area contributed by atoms with Gasteiger partial charge in [0.2, 0.25) is 0 Å². The SMILES string of the molecule is CC1=C(F)C([B-](c2ccc(F)c(C(F)(F)F)c2F)([C@H]2CCC(F)C(C(F)(F)F)=C2F)[O+]2CCCC2)CCC1F. The summed E-state index contributed by atoms with van der Waals surface area (Å²) in [6, 6.07) is 0.800. The lowest BCUT2D eigenvalue weighted by molar-refractivity contribution is -0.142. The number of alkyl halides is 8. The first-order chi connectivity index (χ1) is 18.0. The Bertz CT molecular complexity index is 1170. The van der Waals surface area contributed by atoms with Gasteiger partial charge in [0.25, 0.3) is 0 Å². The normalized spacial score (nSPS) is 29.3. The average molecular weight is 580 g/mol. The smallest absolute Gasteiger partial charge is 0.421 e. The highest BCUT2D eigenvalue weighted by Gasteiger charge is 2.63. The molecule has 1 aromatic rings. The summed E-state index contributed by atoms with van der Waals surface area (Å²) in [4.78, 5) is 0. The molecule has 1 fully saturated rings. The highest BCUT2D eigenvalue weighted by molar-refractivity contribution is 6.90. The zero-order valence-corrected chi connectivity index (χ0v) is 20.6. The molecule has 0 aromatic heterocycles. The summed E-state index contributed by atoms with van der Waals surface area (Å²) in [5.41, 5.74) is -6.12. The van der Waals surface area contributed by atoms with Crippen molar-refractivity contribution in [2.45, 2.75) is 81.8 Å². The third kappa shape index (κ3) is 4.88. The van der Waals surface area contributed by atoms with Crippen LogP contribution in [-0.4, -0.2) is 38.1 Å². The average Bonchev–Trinajstić information content (AvgIpc) is 3.34. The van der Waals surface area contributed by atoms with E-state index in [0.717, 1.165) is 6.92 Å². The van der Waals surface area contributed by atoms with Crippen LogP contribution in [0.15, 0.2) is 34.9 Å². The highest BCUT2D eigenvalue weighted by Crippen LogP contribution is 2.58. The van der Waals surface area contributed by atoms with E-state index >= 15 is 13.2 Å². The molecule has 1 aliphatic heterocycles. The molecule has 4 rings (SSSR count). The van der Waals surface area contributed by atoms with Gasteiger partial charge in [-0.25, -0.2) is 26.3 Å². The Kier molecular flexibility index (Phi) is 7.94. The van der Waals surface area contributed by atoms with Gasteiger partial charge < -0.3 is 4.28 Å². The maximum absolute atomic E-state index is 16.0. The summed E-state index contributed by atoms with van der Waals surface area (Å²) < 4.78 is 176. The van der Waals surface area contributed by atoms with E-state index in [4.69, 9.17) is 0 Å². The summed E-state index contributed by atoms with van der Waals surface area (Å²) in [6.45, 7) is 0.712. The summed E-state index contributed by atoms with van der Waals surface area (Å²) in [5, 5.41) is 0. The van der Waals surface area contributed by atoms with Gasteiger partial charge in [-0.3, -0.25) is 0 Å². The van der Waals surface area contributed by atoms with E-state index in [9.17, 15) is 39.5 Å². The summed E-state index contributed by atoms with van der Waals surface area (Å²) in [7, 11) is 0. The second-order valence-electron chi connectivity index (χ2n) is 10.5. The third-order valence-corrected chi connectivity index (χ3v) is 8.54. The molecule has 39 heavy (non-hydrogen) atoms. The van der Waals surface area contributed by atoms with Gasteiger partial charge in [0.1, 0.15) is 29.5 Å². The van der Waals surface area contributed by atoms with Crippen molar-refractivity contribution in [2.24, 2.45) is 0 Å². The van der Waals surface area contributed by atoms with Crippen molar-refractivity contribution in [1.82, 2.24) is 0 Å².